The summed E-state index contributed by atoms with van der Waals surface area (Å²) in [7, 11) is 0. The zero-order chi connectivity index (χ0) is 7.98. The van der Waals surface area contributed by atoms with Crippen LogP contribution in [0.2, 0.25) is 0 Å². The standard InChI is InChI=1S/C6H6N2O2/c7-4-5(6(8)10)2-1-3-9/h1-3,5H,(H2,8,10)/b2-1+. The van der Waals surface area contributed by atoms with E-state index >= 15 is 0 Å². The summed E-state index contributed by atoms with van der Waals surface area (Å²) in [5, 5.41) is 8.21. The molecule has 0 radical (unpaired) electrons. The Balaban J connectivity index is 4.12. The molecule has 0 spiro atoms. The second-order valence-corrected chi connectivity index (χ2v) is 1.53. The second kappa shape index (κ2) is 4.27. The predicted molar refractivity (Wildman–Crippen MR) is 33.5 cm³/mol. The van der Waals surface area contributed by atoms with Crippen molar-refractivity contribution in [3.05, 3.63) is 12.2 Å². The van der Waals surface area contributed by atoms with E-state index in [0.29, 0.717) is 6.29 Å². The Morgan fingerprint density at radius 1 is 1.70 bits per heavy atom. The van der Waals surface area contributed by atoms with Crippen LogP contribution < -0.4 is 5.73 Å². The highest BCUT2D eigenvalue weighted by atomic mass is 16.1. The topological polar surface area (TPSA) is 83.9 Å². The molecule has 2 N–H and O–H groups in total. The van der Waals surface area contributed by atoms with Gasteiger partial charge >= 0.3 is 0 Å². The van der Waals surface area contributed by atoms with Crippen molar-refractivity contribution in [3.63, 3.8) is 0 Å². The van der Waals surface area contributed by atoms with Gasteiger partial charge in [-0.25, -0.2) is 0 Å². The molecule has 4 nitrogen and oxygen atoms in total. The Bertz CT molecular complexity index is 202. The number of allylic oxidation sites excluding steroid dienone is 1. The quantitative estimate of drug-likeness (QED) is 0.416. The fraction of sp³-hybridized carbons (Fsp3) is 0.167. The summed E-state index contributed by atoms with van der Waals surface area (Å²) in [6.45, 7) is 0. The van der Waals surface area contributed by atoms with Crippen molar-refractivity contribution in [1.82, 2.24) is 0 Å². The normalized spacial score (nSPS) is 12.3. The van der Waals surface area contributed by atoms with Gasteiger partial charge in [0.25, 0.3) is 0 Å². The smallest absolute Gasteiger partial charge is 0.238 e. The molecule has 4 heteroatoms. The van der Waals surface area contributed by atoms with Crippen LogP contribution in [0.3, 0.4) is 0 Å². The molecule has 0 bridgehead atoms. The maximum absolute atomic E-state index is 10.3. The van der Waals surface area contributed by atoms with Crippen molar-refractivity contribution in [2.75, 3.05) is 0 Å². The van der Waals surface area contributed by atoms with Gasteiger partial charge in [0.1, 0.15) is 12.2 Å². The van der Waals surface area contributed by atoms with Crippen LogP contribution in [0.5, 0.6) is 0 Å². The van der Waals surface area contributed by atoms with Crippen LogP contribution in [0, 0.1) is 17.2 Å². The van der Waals surface area contributed by atoms with Gasteiger partial charge in [-0.3, -0.25) is 9.59 Å². The van der Waals surface area contributed by atoms with E-state index < -0.39 is 11.8 Å². The summed E-state index contributed by atoms with van der Waals surface area (Å²) in [6, 6.07) is 1.62. The zero-order valence-electron chi connectivity index (χ0n) is 5.15. The number of primary amides is 1. The van der Waals surface area contributed by atoms with Gasteiger partial charge in [0.05, 0.1) is 6.07 Å². The van der Waals surface area contributed by atoms with E-state index in [-0.39, 0.29) is 0 Å². The molecule has 0 rings (SSSR count). The number of carbonyl (C=O) groups excluding carboxylic acids is 2. The summed E-state index contributed by atoms with van der Waals surface area (Å²) < 4.78 is 0. The number of nitrogens with zero attached hydrogens (tertiary/aromatic N) is 1. The van der Waals surface area contributed by atoms with Crippen molar-refractivity contribution in [1.29, 1.82) is 5.26 Å². The lowest BCUT2D eigenvalue weighted by molar-refractivity contribution is -0.119. The number of aldehydes is 1. The molecule has 0 aliphatic rings. The average molecular weight is 138 g/mol. The third kappa shape index (κ3) is 2.62. The number of nitriles is 1. The molecule has 1 amide bonds. The summed E-state index contributed by atoms with van der Waals surface area (Å²) in [5.41, 5.74) is 4.76. The number of nitrogens with two attached hydrogens (primary N) is 1. The molecule has 0 aliphatic heterocycles. The van der Waals surface area contributed by atoms with E-state index in [9.17, 15) is 9.59 Å². The molecule has 10 heavy (non-hydrogen) atoms. The molecule has 1 atom stereocenters. The predicted octanol–water partition coefficient (Wildman–Crippen LogP) is -0.633. The second-order valence-electron chi connectivity index (χ2n) is 1.53. The van der Waals surface area contributed by atoms with E-state index in [2.05, 4.69) is 0 Å². The lowest BCUT2D eigenvalue weighted by Gasteiger charge is -1.92. The Morgan fingerprint density at radius 3 is 2.60 bits per heavy atom. The third-order valence-corrected chi connectivity index (χ3v) is 0.828. The Kier molecular flexibility index (Phi) is 3.57. The molecule has 0 aromatic carbocycles. The van der Waals surface area contributed by atoms with Crippen LogP contribution in [0.15, 0.2) is 12.2 Å². The Labute approximate surface area is 57.9 Å². The van der Waals surface area contributed by atoms with Gasteiger partial charge in [0.15, 0.2) is 0 Å². The number of carbonyl (C=O) groups is 2. The van der Waals surface area contributed by atoms with Gasteiger partial charge in [-0.15, -0.1) is 0 Å². The Morgan fingerprint density at radius 2 is 2.30 bits per heavy atom. The first-order valence-corrected chi connectivity index (χ1v) is 2.53. The van der Waals surface area contributed by atoms with Crippen molar-refractivity contribution in [2.45, 2.75) is 0 Å². The van der Waals surface area contributed by atoms with Gasteiger partial charge in [-0.05, 0) is 6.08 Å². The summed E-state index contributed by atoms with van der Waals surface area (Å²) in [6.07, 6.45) is 2.70. The average Bonchev–Trinajstić information content (AvgIpc) is 1.89. The van der Waals surface area contributed by atoms with E-state index in [1.165, 1.54) is 0 Å². The fourth-order valence-electron chi connectivity index (χ4n) is 0.358. The lowest BCUT2D eigenvalue weighted by atomic mass is 10.1. The van der Waals surface area contributed by atoms with Gasteiger partial charge in [0, 0.05) is 0 Å². The minimum atomic E-state index is -0.995. The van der Waals surface area contributed by atoms with Gasteiger partial charge in [0.2, 0.25) is 5.91 Å². The summed E-state index contributed by atoms with van der Waals surface area (Å²) in [5.74, 6) is -1.74. The van der Waals surface area contributed by atoms with E-state index in [1.54, 1.807) is 6.07 Å². The summed E-state index contributed by atoms with van der Waals surface area (Å²) >= 11 is 0. The highest BCUT2D eigenvalue weighted by Crippen LogP contribution is 1.93. The van der Waals surface area contributed by atoms with Crippen LogP contribution in [0.25, 0.3) is 0 Å². The third-order valence-electron chi connectivity index (χ3n) is 0.828. The number of hydrogen-bond acceptors (Lipinski definition) is 3. The minimum absolute atomic E-state index is 0.479. The van der Waals surface area contributed by atoms with Crippen molar-refractivity contribution >= 4 is 12.2 Å². The van der Waals surface area contributed by atoms with Crippen LogP contribution in [-0.2, 0) is 9.59 Å². The van der Waals surface area contributed by atoms with Crippen LogP contribution in [-0.4, -0.2) is 12.2 Å². The summed E-state index contributed by atoms with van der Waals surface area (Å²) in [4.78, 5) is 20.0. The van der Waals surface area contributed by atoms with Crippen molar-refractivity contribution in [3.8, 4) is 6.07 Å². The van der Waals surface area contributed by atoms with E-state index in [0.717, 1.165) is 12.2 Å². The highest BCUT2D eigenvalue weighted by molar-refractivity contribution is 5.82. The molecule has 52 valence electrons. The van der Waals surface area contributed by atoms with E-state index in [4.69, 9.17) is 11.0 Å². The minimum Gasteiger partial charge on any atom is -0.368 e. The molecule has 1 unspecified atom stereocenters. The Hall–Kier alpha value is -1.63. The molecule has 0 fully saturated rings. The number of amides is 1. The molecule has 0 aliphatic carbocycles. The van der Waals surface area contributed by atoms with Crippen LogP contribution >= 0.6 is 0 Å². The van der Waals surface area contributed by atoms with Gasteiger partial charge in [-0.1, -0.05) is 6.08 Å². The van der Waals surface area contributed by atoms with Gasteiger partial charge in [-0.2, -0.15) is 5.26 Å². The first-order chi connectivity index (χ1) is 4.72. The number of rotatable bonds is 3. The van der Waals surface area contributed by atoms with Crippen LogP contribution in [0.4, 0.5) is 0 Å². The highest BCUT2D eigenvalue weighted by Gasteiger charge is 2.07. The maximum Gasteiger partial charge on any atom is 0.238 e. The SMILES string of the molecule is N#CC(/C=C/C=O)C(N)=O. The van der Waals surface area contributed by atoms with Crippen molar-refractivity contribution in [2.24, 2.45) is 11.7 Å². The largest absolute Gasteiger partial charge is 0.368 e. The van der Waals surface area contributed by atoms with E-state index in [1.807, 2.05) is 0 Å². The zero-order valence-corrected chi connectivity index (χ0v) is 5.15. The molecule has 0 saturated carbocycles. The number of hydrogen-bond donors (Lipinski definition) is 1. The fourth-order valence-corrected chi connectivity index (χ4v) is 0.358. The maximum atomic E-state index is 10.3. The monoisotopic (exact) mass is 138 g/mol. The molecule has 0 saturated heterocycles. The molecular weight excluding hydrogens is 132 g/mol. The first kappa shape index (κ1) is 8.37. The van der Waals surface area contributed by atoms with Gasteiger partial charge < -0.3 is 5.73 Å². The van der Waals surface area contributed by atoms with Crippen molar-refractivity contribution < 1.29 is 9.59 Å². The first-order valence-electron chi connectivity index (χ1n) is 2.53. The van der Waals surface area contributed by atoms with Crippen LogP contribution in [0.1, 0.15) is 0 Å². The molecular formula is C6H6N2O2. The molecule has 0 aromatic rings. The molecule has 0 aromatic heterocycles. The lowest BCUT2D eigenvalue weighted by Crippen LogP contribution is -2.19. The molecule has 0 heterocycles.